The molecule has 0 aliphatic carbocycles. The highest BCUT2D eigenvalue weighted by molar-refractivity contribution is 5.94. The summed E-state index contributed by atoms with van der Waals surface area (Å²) >= 11 is 0. The Morgan fingerprint density at radius 1 is 1.23 bits per heavy atom. The van der Waals surface area contributed by atoms with Crippen LogP contribution in [0.3, 0.4) is 0 Å². The maximum atomic E-state index is 13.4. The molecule has 26 heavy (non-hydrogen) atoms. The zero-order chi connectivity index (χ0) is 18.7. The molecule has 2 aromatic rings. The first-order chi connectivity index (χ1) is 12.4. The minimum Gasteiger partial charge on any atom is -0.352 e. The van der Waals surface area contributed by atoms with Gasteiger partial charge in [-0.1, -0.05) is 6.07 Å². The Kier molecular flexibility index (Phi) is 5.25. The number of rotatable bonds is 4. The smallest absolute Gasteiger partial charge is 0.254 e. The number of carbonyl (C=O) groups excluding carboxylic acids is 2. The first-order valence-electron chi connectivity index (χ1n) is 8.40. The van der Waals surface area contributed by atoms with Crippen molar-refractivity contribution in [2.75, 3.05) is 6.54 Å². The molecule has 2 heterocycles. The molecule has 2 amide bonds. The Balaban J connectivity index is 1.77. The highest BCUT2D eigenvalue weighted by Crippen LogP contribution is 2.32. The van der Waals surface area contributed by atoms with E-state index < -0.39 is 17.5 Å². The van der Waals surface area contributed by atoms with E-state index in [2.05, 4.69) is 10.3 Å². The summed E-state index contributed by atoms with van der Waals surface area (Å²) in [6.07, 6.45) is 3.19. The lowest BCUT2D eigenvalue weighted by atomic mass is 10.1. The molecule has 5 nitrogen and oxygen atoms in total. The van der Waals surface area contributed by atoms with Crippen LogP contribution < -0.4 is 5.32 Å². The SMILES string of the molecule is CC(=O)NCc1ccc([C@@H]2CCCN2C(=O)c2cc(F)cc(F)c2)nc1. The van der Waals surface area contributed by atoms with E-state index in [1.807, 2.05) is 12.1 Å². The monoisotopic (exact) mass is 359 g/mol. The summed E-state index contributed by atoms with van der Waals surface area (Å²) in [4.78, 5) is 29.7. The second-order valence-electron chi connectivity index (χ2n) is 6.32. The number of aromatic nitrogens is 1. The number of halogens is 2. The van der Waals surface area contributed by atoms with E-state index in [-0.39, 0.29) is 17.5 Å². The van der Waals surface area contributed by atoms with Gasteiger partial charge in [0.05, 0.1) is 11.7 Å². The van der Waals surface area contributed by atoms with Gasteiger partial charge in [0.1, 0.15) is 11.6 Å². The number of amides is 2. The zero-order valence-electron chi connectivity index (χ0n) is 14.3. The molecule has 0 radical (unpaired) electrons. The predicted molar refractivity (Wildman–Crippen MR) is 91.1 cm³/mol. The lowest BCUT2D eigenvalue weighted by Gasteiger charge is -2.24. The Hall–Kier alpha value is -2.83. The van der Waals surface area contributed by atoms with Crippen molar-refractivity contribution in [1.82, 2.24) is 15.2 Å². The third kappa shape index (κ3) is 4.04. The van der Waals surface area contributed by atoms with Crippen molar-refractivity contribution in [3.05, 3.63) is 65.0 Å². The molecule has 1 N–H and O–H groups in total. The molecule has 1 aromatic heterocycles. The molecule has 1 aliphatic heterocycles. The van der Waals surface area contributed by atoms with Crippen LogP contribution in [-0.4, -0.2) is 28.2 Å². The number of benzene rings is 1. The van der Waals surface area contributed by atoms with Crippen LogP contribution in [0.5, 0.6) is 0 Å². The Bertz CT molecular complexity index is 804. The number of hydrogen-bond acceptors (Lipinski definition) is 3. The Labute approximate surface area is 150 Å². The van der Waals surface area contributed by atoms with E-state index in [9.17, 15) is 18.4 Å². The van der Waals surface area contributed by atoms with Gasteiger partial charge in [0.2, 0.25) is 5.91 Å². The highest BCUT2D eigenvalue weighted by atomic mass is 19.1. The largest absolute Gasteiger partial charge is 0.352 e. The quantitative estimate of drug-likeness (QED) is 0.913. The number of likely N-dealkylation sites (tertiary alicyclic amines) is 1. The van der Waals surface area contributed by atoms with Crippen molar-refractivity contribution in [3.8, 4) is 0 Å². The van der Waals surface area contributed by atoms with Crippen LogP contribution in [0.4, 0.5) is 8.78 Å². The van der Waals surface area contributed by atoms with Gasteiger partial charge >= 0.3 is 0 Å². The van der Waals surface area contributed by atoms with Crippen molar-refractivity contribution in [1.29, 1.82) is 0 Å². The number of carbonyl (C=O) groups is 2. The molecule has 0 bridgehead atoms. The lowest BCUT2D eigenvalue weighted by Crippen LogP contribution is -2.31. The molecule has 1 aromatic carbocycles. The summed E-state index contributed by atoms with van der Waals surface area (Å²) in [6, 6.07) is 6.27. The standard InChI is InChI=1S/C19H19F2N3O2/c1-12(25)22-10-13-4-5-17(23-11-13)18-3-2-6-24(18)19(26)14-7-15(20)9-16(21)8-14/h4-5,7-9,11,18H,2-3,6,10H2,1H3,(H,22,25)/t18-/m0/s1. The molecule has 0 unspecified atom stereocenters. The molecule has 1 fully saturated rings. The summed E-state index contributed by atoms with van der Waals surface area (Å²) in [5, 5.41) is 2.70. The van der Waals surface area contributed by atoms with Gasteiger partial charge in [-0.15, -0.1) is 0 Å². The van der Waals surface area contributed by atoms with Gasteiger partial charge in [0.25, 0.3) is 5.91 Å². The number of pyridine rings is 1. The molecule has 1 atom stereocenters. The third-order valence-electron chi connectivity index (χ3n) is 4.35. The maximum absolute atomic E-state index is 13.4. The van der Waals surface area contributed by atoms with E-state index in [0.29, 0.717) is 13.1 Å². The van der Waals surface area contributed by atoms with Crippen LogP contribution in [0.2, 0.25) is 0 Å². The van der Waals surface area contributed by atoms with Crippen LogP contribution in [0.25, 0.3) is 0 Å². The average molecular weight is 359 g/mol. The maximum Gasteiger partial charge on any atom is 0.254 e. The van der Waals surface area contributed by atoms with E-state index in [1.165, 1.54) is 6.92 Å². The molecule has 0 saturated carbocycles. The van der Waals surface area contributed by atoms with Gasteiger partial charge in [-0.25, -0.2) is 8.78 Å². The molecule has 136 valence electrons. The highest BCUT2D eigenvalue weighted by Gasteiger charge is 2.31. The summed E-state index contributed by atoms with van der Waals surface area (Å²) in [7, 11) is 0. The van der Waals surface area contributed by atoms with E-state index in [4.69, 9.17) is 0 Å². The molecule has 1 saturated heterocycles. The molecular weight excluding hydrogens is 340 g/mol. The number of nitrogens with zero attached hydrogens (tertiary/aromatic N) is 2. The summed E-state index contributed by atoms with van der Waals surface area (Å²) in [5.74, 6) is -2.08. The van der Waals surface area contributed by atoms with Gasteiger partial charge in [0.15, 0.2) is 0 Å². The van der Waals surface area contributed by atoms with Crippen molar-refractivity contribution in [2.45, 2.75) is 32.4 Å². The van der Waals surface area contributed by atoms with Crippen LogP contribution in [0, 0.1) is 11.6 Å². The van der Waals surface area contributed by atoms with Crippen LogP contribution in [0.15, 0.2) is 36.5 Å². The van der Waals surface area contributed by atoms with Gasteiger partial charge < -0.3 is 10.2 Å². The van der Waals surface area contributed by atoms with Crippen LogP contribution in [-0.2, 0) is 11.3 Å². The molecule has 3 rings (SSSR count). The van der Waals surface area contributed by atoms with Gasteiger partial charge in [-0.2, -0.15) is 0 Å². The number of nitrogens with one attached hydrogen (secondary N) is 1. The minimum absolute atomic E-state index is 0.00308. The minimum atomic E-state index is -0.774. The third-order valence-corrected chi connectivity index (χ3v) is 4.35. The second-order valence-corrected chi connectivity index (χ2v) is 6.32. The topological polar surface area (TPSA) is 62.3 Å². The van der Waals surface area contributed by atoms with Gasteiger partial charge in [-0.3, -0.25) is 14.6 Å². The van der Waals surface area contributed by atoms with E-state index in [0.717, 1.165) is 42.3 Å². The summed E-state index contributed by atoms with van der Waals surface area (Å²) in [6.45, 7) is 2.34. The van der Waals surface area contributed by atoms with Crippen molar-refractivity contribution < 1.29 is 18.4 Å². The molecule has 0 spiro atoms. The van der Waals surface area contributed by atoms with Crippen LogP contribution in [0.1, 0.15) is 47.4 Å². The fourth-order valence-electron chi connectivity index (χ4n) is 3.12. The zero-order valence-corrected chi connectivity index (χ0v) is 14.3. The lowest BCUT2D eigenvalue weighted by molar-refractivity contribution is -0.119. The first-order valence-corrected chi connectivity index (χ1v) is 8.40. The second kappa shape index (κ2) is 7.59. The van der Waals surface area contributed by atoms with Crippen molar-refractivity contribution >= 4 is 11.8 Å². The Morgan fingerprint density at radius 3 is 2.58 bits per heavy atom. The summed E-state index contributed by atoms with van der Waals surface area (Å²) in [5.41, 5.74) is 1.57. The molecular formula is C19H19F2N3O2. The fourth-order valence-corrected chi connectivity index (χ4v) is 3.12. The van der Waals surface area contributed by atoms with Gasteiger partial charge in [0, 0.05) is 37.8 Å². The van der Waals surface area contributed by atoms with Crippen molar-refractivity contribution in [2.24, 2.45) is 0 Å². The fraction of sp³-hybridized carbons (Fsp3) is 0.316. The Morgan fingerprint density at radius 2 is 1.96 bits per heavy atom. The number of hydrogen-bond donors (Lipinski definition) is 1. The average Bonchev–Trinajstić information content (AvgIpc) is 3.08. The molecule has 7 heteroatoms. The summed E-state index contributed by atoms with van der Waals surface area (Å²) < 4.78 is 26.8. The van der Waals surface area contributed by atoms with E-state index >= 15 is 0 Å². The van der Waals surface area contributed by atoms with Crippen molar-refractivity contribution in [3.63, 3.8) is 0 Å². The predicted octanol–water partition coefficient (Wildman–Crippen LogP) is 2.97. The van der Waals surface area contributed by atoms with Crippen LogP contribution >= 0.6 is 0 Å². The molecule has 1 aliphatic rings. The van der Waals surface area contributed by atoms with Gasteiger partial charge in [-0.05, 0) is 36.6 Å². The first kappa shape index (κ1) is 18.0. The normalized spacial score (nSPS) is 16.6. The van der Waals surface area contributed by atoms with E-state index in [1.54, 1.807) is 11.1 Å².